The number of oxime groups is 1. The van der Waals surface area contributed by atoms with E-state index < -0.39 is 0 Å². The van der Waals surface area contributed by atoms with Crippen LogP contribution in [0.5, 0.6) is 5.75 Å². The summed E-state index contributed by atoms with van der Waals surface area (Å²) in [6, 6.07) is 7.22. The molecule has 1 saturated carbocycles. The van der Waals surface area contributed by atoms with E-state index in [-0.39, 0.29) is 5.41 Å². The maximum atomic E-state index is 5.42. The summed E-state index contributed by atoms with van der Waals surface area (Å²) in [5.41, 5.74) is 4.12. The third-order valence-corrected chi connectivity index (χ3v) is 5.56. The van der Waals surface area contributed by atoms with E-state index in [2.05, 4.69) is 42.2 Å². The van der Waals surface area contributed by atoms with Crippen LogP contribution in [0.15, 0.2) is 23.4 Å². The van der Waals surface area contributed by atoms with Crippen molar-refractivity contribution in [1.82, 2.24) is 4.90 Å². The van der Waals surface area contributed by atoms with Gasteiger partial charge in [0, 0.05) is 17.9 Å². The standard InChI is InChI=1S/C18H26N2O2/c1-13-11-14(5-6-16(13)21-3)18-8-7-15(19-22-4)12-17(18)20(2)10-9-18/h5-6,11,17H,7-10,12H2,1-4H3/b19-15+. The molecular formula is C18H26N2O2. The van der Waals surface area contributed by atoms with E-state index in [1.54, 1.807) is 14.2 Å². The zero-order valence-corrected chi connectivity index (χ0v) is 14.1. The number of benzene rings is 1. The lowest BCUT2D eigenvalue weighted by Gasteiger charge is -2.42. The maximum Gasteiger partial charge on any atom is 0.121 e. The lowest BCUT2D eigenvalue weighted by atomic mass is 9.65. The van der Waals surface area contributed by atoms with Gasteiger partial charge in [0.2, 0.25) is 0 Å². The van der Waals surface area contributed by atoms with Crippen LogP contribution in [0, 0.1) is 6.92 Å². The van der Waals surface area contributed by atoms with Crippen molar-refractivity contribution < 1.29 is 9.57 Å². The van der Waals surface area contributed by atoms with Crippen molar-refractivity contribution in [1.29, 1.82) is 0 Å². The molecule has 22 heavy (non-hydrogen) atoms. The van der Waals surface area contributed by atoms with Gasteiger partial charge in [-0.25, -0.2) is 0 Å². The van der Waals surface area contributed by atoms with Gasteiger partial charge in [-0.1, -0.05) is 17.3 Å². The molecule has 0 N–H and O–H groups in total. The molecule has 0 amide bonds. The summed E-state index contributed by atoms with van der Waals surface area (Å²) in [7, 11) is 5.61. The summed E-state index contributed by atoms with van der Waals surface area (Å²) in [6.45, 7) is 3.28. The van der Waals surface area contributed by atoms with Gasteiger partial charge in [0.15, 0.2) is 0 Å². The fraction of sp³-hybridized carbons (Fsp3) is 0.611. The second-order valence-corrected chi connectivity index (χ2v) is 6.63. The minimum Gasteiger partial charge on any atom is -0.496 e. The Balaban J connectivity index is 1.97. The van der Waals surface area contributed by atoms with Crippen molar-refractivity contribution in [3.8, 4) is 5.75 Å². The molecule has 4 heteroatoms. The van der Waals surface area contributed by atoms with Crippen molar-refractivity contribution in [2.75, 3.05) is 27.8 Å². The summed E-state index contributed by atoms with van der Waals surface area (Å²) in [5.74, 6) is 0.973. The van der Waals surface area contributed by atoms with E-state index in [0.29, 0.717) is 6.04 Å². The van der Waals surface area contributed by atoms with Gasteiger partial charge in [-0.15, -0.1) is 0 Å². The van der Waals surface area contributed by atoms with Crippen LogP contribution in [0.3, 0.4) is 0 Å². The number of fused-ring (bicyclic) bond motifs is 1. The number of ether oxygens (including phenoxy) is 1. The molecule has 0 spiro atoms. The SMILES string of the molecule is CO/N=C1\CCC2(c3ccc(OC)c(C)c3)CCN(C)C2C1. The predicted octanol–water partition coefficient (Wildman–Crippen LogP) is 3.13. The van der Waals surface area contributed by atoms with E-state index in [1.807, 2.05) is 0 Å². The molecule has 2 aliphatic rings. The first kappa shape index (κ1) is 15.3. The Labute approximate surface area is 133 Å². The van der Waals surface area contributed by atoms with Crippen LogP contribution in [-0.2, 0) is 10.3 Å². The fourth-order valence-corrected chi connectivity index (χ4v) is 4.34. The highest BCUT2D eigenvalue weighted by Crippen LogP contribution is 2.48. The summed E-state index contributed by atoms with van der Waals surface area (Å²) >= 11 is 0. The highest BCUT2D eigenvalue weighted by atomic mass is 16.6. The minimum atomic E-state index is 0.249. The Morgan fingerprint density at radius 3 is 2.77 bits per heavy atom. The van der Waals surface area contributed by atoms with Crippen LogP contribution in [0.25, 0.3) is 0 Å². The quantitative estimate of drug-likeness (QED) is 0.805. The first-order valence-corrected chi connectivity index (χ1v) is 8.05. The lowest BCUT2D eigenvalue weighted by molar-refractivity contribution is 0.195. The summed E-state index contributed by atoms with van der Waals surface area (Å²) in [5, 5.41) is 4.22. The van der Waals surface area contributed by atoms with Gasteiger partial charge in [-0.05, 0) is 57.0 Å². The maximum absolute atomic E-state index is 5.42. The summed E-state index contributed by atoms with van der Waals surface area (Å²) < 4.78 is 5.42. The first-order valence-electron chi connectivity index (χ1n) is 8.05. The average Bonchev–Trinajstić information content (AvgIpc) is 2.86. The Morgan fingerprint density at radius 2 is 2.09 bits per heavy atom. The number of methoxy groups -OCH3 is 1. The second kappa shape index (κ2) is 5.92. The van der Waals surface area contributed by atoms with Crippen LogP contribution in [0.4, 0.5) is 0 Å². The van der Waals surface area contributed by atoms with Crippen LogP contribution in [0.2, 0.25) is 0 Å². The number of aryl methyl sites for hydroxylation is 1. The Kier molecular flexibility index (Phi) is 4.13. The summed E-state index contributed by atoms with van der Waals surface area (Å²) in [6.07, 6.45) is 4.41. The van der Waals surface area contributed by atoms with Crippen LogP contribution < -0.4 is 4.74 Å². The first-order chi connectivity index (χ1) is 10.6. The van der Waals surface area contributed by atoms with Gasteiger partial charge >= 0.3 is 0 Å². The van der Waals surface area contributed by atoms with Crippen molar-refractivity contribution in [2.24, 2.45) is 5.16 Å². The molecule has 2 fully saturated rings. The van der Waals surface area contributed by atoms with Gasteiger partial charge in [0.25, 0.3) is 0 Å². The molecule has 3 rings (SSSR count). The van der Waals surface area contributed by atoms with E-state index in [4.69, 9.17) is 9.57 Å². The topological polar surface area (TPSA) is 34.1 Å². The summed E-state index contributed by atoms with van der Waals surface area (Å²) in [4.78, 5) is 7.50. The van der Waals surface area contributed by atoms with Crippen LogP contribution in [0.1, 0.15) is 36.8 Å². The average molecular weight is 302 g/mol. The molecule has 120 valence electrons. The van der Waals surface area contributed by atoms with Crippen molar-refractivity contribution in [2.45, 2.75) is 44.1 Å². The van der Waals surface area contributed by atoms with E-state index >= 15 is 0 Å². The third kappa shape index (κ3) is 2.39. The van der Waals surface area contributed by atoms with E-state index in [9.17, 15) is 0 Å². The van der Waals surface area contributed by atoms with E-state index in [0.717, 1.165) is 31.6 Å². The molecule has 1 aromatic rings. The number of hydrogen-bond acceptors (Lipinski definition) is 4. The molecule has 0 aromatic heterocycles. The highest BCUT2D eigenvalue weighted by molar-refractivity contribution is 5.86. The van der Waals surface area contributed by atoms with Gasteiger partial charge in [0.1, 0.15) is 12.9 Å². The number of rotatable bonds is 3. The molecule has 4 nitrogen and oxygen atoms in total. The minimum absolute atomic E-state index is 0.249. The van der Waals surface area contributed by atoms with Gasteiger partial charge in [-0.2, -0.15) is 0 Å². The lowest BCUT2D eigenvalue weighted by Crippen LogP contribution is -2.46. The molecule has 1 saturated heterocycles. The number of hydrogen-bond donors (Lipinski definition) is 0. The number of likely N-dealkylation sites (N-methyl/N-ethyl adjacent to an activating group) is 1. The Hall–Kier alpha value is -1.55. The van der Waals surface area contributed by atoms with E-state index in [1.165, 1.54) is 23.3 Å². The molecule has 2 unspecified atom stereocenters. The molecule has 1 heterocycles. The van der Waals surface area contributed by atoms with Crippen molar-refractivity contribution >= 4 is 5.71 Å². The van der Waals surface area contributed by atoms with Gasteiger partial charge in [0.05, 0.1) is 12.8 Å². The second-order valence-electron chi connectivity index (χ2n) is 6.63. The van der Waals surface area contributed by atoms with Crippen LogP contribution in [-0.4, -0.2) is 44.5 Å². The zero-order chi connectivity index (χ0) is 15.7. The molecule has 1 aliphatic heterocycles. The predicted molar refractivity (Wildman–Crippen MR) is 88.7 cm³/mol. The molecule has 0 bridgehead atoms. The molecule has 1 aromatic carbocycles. The third-order valence-electron chi connectivity index (χ3n) is 5.56. The molecule has 0 radical (unpaired) electrons. The normalized spacial score (nSPS) is 30.4. The fourth-order valence-electron chi connectivity index (χ4n) is 4.34. The number of likely N-dealkylation sites (tertiary alicyclic amines) is 1. The molecule has 1 aliphatic carbocycles. The zero-order valence-electron chi connectivity index (χ0n) is 14.1. The van der Waals surface area contributed by atoms with Gasteiger partial charge in [-0.3, -0.25) is 0 Å². The smallest absolute Gasteiger partial charge is 0.121 e. The molecule has 2 atom stereocenters. The van der Waals surface area contributed by atoms with Crippen LogP contribution >= 0.6 is 0 Å². The highest BCUT2D eigenvalue weighted by Gasteiger charge is 2.49. The van der Waals surface area contributed by atoms with Crippen molar-refractivity contribution in [3.63, 3.8) is 0 Å². The molecular weight excluding hydrogens is 276 g/mol. The van der Waals surface area contributed by atoms with Crippen molar-refractivity contribution in [3.05, 3.63) is 29.3 Å². The Bertz CT molecular complexity index is 584. The van der Waals surface area contributed by atoms with Gasteiger partial charge < -0.3 is 14.5 Å². The Morgan fingerprint density at radius 1 is 1.27 bits per heavy atom. The number of nitrogens with zero attached hydrogens (tertiary/aromatic N) is 2. The monoisotopic (exact) mass is 302 g/mol. The largest absolute Gasteiger partial charge is 0.496 e.